The van der Waals surface area contributed by atoms with E-state index in [2.05, 4.69) is 5.32 Å². The molecular weight excluding hydrogens is 624 g/mol. The molecular formula is C37H42N6O6. The Balaban J connectivity index is 1.17. The number of carbonyl (C=O) groups is 3. The lowest BCUT2D eigenvalue weighted by Gasteiger charge is -2.35. The molecule has 12 nitrogen and oxygen atoms in total. The van der Waals surface area contributed by atoms with E-state index < -0.39 is 6.04 Å². The van der Waals surface area contributed by atoms with Crippen LogP contribution in [0.4, 0.5) is 11.8 Å². The molecule has 3 heterocycles. The molecule has 0 aliphatic carbocycles. The van der Waals surface area contributed by atoms with Crippen molar-refractivity contribution >= 4 is 40.4 Å². The number of hydrogen-bond donors (Lipinski definition) is 1. The first-order valence-electron chi connectivity index (χ1n) is 16.6. The molecule has 2 aliphatic heterocycles. The van der Waals surface area contributed by atoms with Gasteiger partial charge in [0.25, 0.3) is 5.91 Å². The summed E-state index contributed by atoms with van der Waals surface area (Å²) in [6.07, 6.45) is 1.34. The Kier molecular flexibility index (Phi) is 10.1. The number of hydrogen-bond acceptors (Lipinski definition) is 9. The number of likely N-dealkylation sites (tertiary alicyclic amines) is 1. The van der Waals surface area contributed by atoms with Crippen LogP contribution in [0.1, 0.15) is 42.6 Å². The molecule has 3 amide bonds. The molecule has 0 bridgehead atoms. The van der Waals surface area contributed by atoms with Gasteiger partial charge in [0.1, 0.15) is 24.2 Å². The van der Waals surface area contributed by atoms with E-state index >= 15 is 0 Å². The van der Waals surface area contributed by atoms with Crippen molar-refractivity contribution in [2.45, 2.75) is 39.3 Å². The molecule has 0 spiro atoms. The largest absolute Gasteiger partial charge is 0.493 e. The topological polar surface area (TPSA) is 126 Å². The van der Waals surface area contributed by atoms with E-state index in [0.29, 0.717) is 91.2 Å². The van der Waals surface area contributed by atoms with Crippen LogP contribution in [0, 0.1) is 5.92 Å². The van der Waals surface area contributed by atoms with Crippen LogP contribution in [0.15, 0.2) is 66.7 Å². The van der Waals surface area contributed by atoms with E-state index in [1.54, 1.807) is 43.4 Å². The minimum Gasteiger partial charge on any atom is -0.493 e. The maximum Gasteiger partial charge on any atom is 0.253 e. The molecule has 12 heteroatoms. The van der Waals surface area contributed by atoms with Crippen LogP contribution in [0.3, 0.4) is 0 Å². The summed E-state index contributed by atoms with van der Waals surface area (Å²) < 4.78 is 16.9. The van der Waals surface area contributed by atoms with Gasteiger partial charge in [0, 0.05) is 55.7 Å². The number of methoxy groups -OCH3 is 2. The van der Waals surface area contributed by atoms with Gasteiger partial charge >= 0.3 is 0 Å². The first kappa shape index (κ1) is 33.5. The van der Waals surface area contributed by atoms with Gasteiger partial charge in [-0.2, -0.15) is 4.98 Å². The van der Waals surface area contributed by atoms with Gasteiger partial charge in [0.15, 0.2) is 11.5 Å². The molecule has 4 aromatic rings. The number of benzene rings is 3. The van der Waals surface area contributed by atoms with Crippen molar-refractivity contribution in [3.05, 3.63) is 77.9 Å². The highest BCUT2D eigenvalue weighted by molar-refractivity contribution is 6.04. The first-order chi connectivity index (χ1) is 23.7. The fourth-order valence-electron chi connectivity index (χ4n) is 6.24. The molecule has 0 saturated carbocycles. The van der Waals surface area contributed by atoms with Gasteiger partial charge in [-0.25, -0.2) is 4.98 Å². The molecule has 1 atom stereocenters. The highest BCUT2D eigenvalue weighted by Crippen LogP contribution is 2.35. The lowest BCUT2D eigenvalue weighted by atomic mass is 10.1. The molecule has 3 aromatic carbocycles. The van der Waals surface area contributed by atoms with Crippen LogP contribution in [0.25, 0.3) is 10.9 Å². The number of carbonyl (C=O) groups excluding carboxylic acids is 3. The SMILES string of the molecule is COc1cc2nc(N3CCN(C(=O)c4ccc(OCc5ccccc5)cc4)CC3)nc(NC(=O)C3CCCN3C(=O)C(C)C)c2cc1OC. The summed E-state index contributed by atoms with van der Waals surface area (Å²) in [5.41, 5.74) is 2.22. The third-order valence-corrected chi connectivity index (χ3v) is 8.96. The monoisotopic (exact) mass is 666 g/mol. The van der Waals surface area contributed by atoms with E-state index in [0.717, 1.165) is 12.0 Å². The van der Waals surface area contributed by atoms with Crippen molar-refractivity contribution in [2.75, 3.05) is 57.2 Å². The van der Waals surface area contributed by atoms with Crippen molar-refractivity contribution in [1.82, 2.24) is 19.8 Å². The smallest absolute Gasteiger partial charge is 0.253 e. The van der Waals surface area contributed by atoms with Gasteiger partial charge in [-0.1, -0.05) is 44.2 Å². The number of rotatable bonds is 10. The van der Waals surface area contributed by atoms with Gasteiger partial charge in [-0.05, 0) is 48.7 Å². The molecule has 2 fully saturated rings. The number of nitrogens with one attached hydrogen (secondary N) is 1. The summed E-state index contributed by atoms with van der Waals surface area (Å²) in [5, 5.41) is 3.59. The van der Waals surface area contributed by atoms with Crippen LogP contribution in [-0.4, -0.2) is 90.5 Å². The first-order valence-corrected chi connectivity index (χ1v) is 16.6. The highest BCUT2D eigenvalue weighted by atomic mass is 16.5. The molecule has 2 aliphatic rings. The summed E-state index contributed by atoms with van der Waals surface area (Å²) in [6, 6.07) is 20.1. The van der Waals surface area contributed by atoms with Crippen LogP contribution in [0.5, 0.6) is 17.2 Å². The maximum atomic E-state index is 13.6. The fourth-order valence-corrected chi connectivity index (χ4v) is 6.24. The quantitative estimate of drug-likeness (QED) is 0.255. The van der Waals surface area contributed by atoms with Gasteiger partial charge < -0.3 is 34.2 Å². The summed E-state index contributed by atoms with van der Waals surface area (Å²) in [4.78, 5) is 55.0. The zero-order chi connectivity index (χ0) is 34.5. The van der Waals surface area contributed by atoms with Gasteiger partial charge in [0.2, 0.25) is 17.8 Å². The van der Waals surface area contributed by atoms with E-state index in [9.17, 15) is 14.4 Å². The van der Waals surface area contributed by atoms with Crippen molar-refractivity contribution in [3.8, 4) is 17.2 Å². The van der Waals surface area contributed by atoms with Crippen molar-refractivity contribution in [3.63, 3.8) is 0 Å². The zero-order valence-electron chi connectivity index (χ0n) is 28.3. The number of nitrogens with zero attached hydrogens (tertiary/aromatic N) is 5. The molecule has 2 saturated heterocycles. The van der Waals surface area contributed by atoms with Crippen molar-refractivity contribution in [2.24, 2.45) is 5.92 Å². The number of piperazine rings is 1. The average Bonchev–Trinajstić information content (AvgIpc) is 3.64. The van der Waals surface area contributed by atoms with Crippen LogP contribution < -0.4 is 24.4 Å². The minimum atomic E-state index is -0.581. The number of anilines is 2. The molecule has 1 N–H and O–H groups in total. The molecule has 6 rings (SSSR count). The summed E-state index contributed by atoms with van der Waals surface area (Å²) in [6.45, 7) is 6.60. The number of ether oxygens (including phenoxy) is 3. The molecule has 256 valence electrons. The Labute approximate surface area is 286 Å². The third kappa shape index (κ3) is 7.38. The van der Waals surface area contributed by atoms with Crippen molar-refractivity contribution < 1.29 is 28.6 Å². The standard InChI is InChI=1S/C37H42N6O6/c1-24(2)35(45)43-16-8-11-30(43)34(44)39-33-28-21-31(47-3)32(48-4)22-29(28)38-37(40-33)42-19-17-41(18-20-42)36(46)26-12-14-27(15-13-26)49-23-25-9-6-5-7-10-25/h5-7,9-10,12-15,21-22,24,30H,8,11,16-20,23H2,1-4H3,(H,38,39,40,44). The number of aromatic nitrogens is 2. The fraction of sp³-hybridized carbons (Fsp3) is 0.378. The molecule has 49 heavy (non-hydrogen) atoms. The van der Waals surface area contributed by atoms with Gasteiger partial charge in [0.05, 0.1) is 19.7 Å². The normalized spacial score (nSPS) is 16.2. The Morgan fingerprint density at radius 3 is 2.24 bits per heavy atom. The Bertz CT molecular complexity index is 1810. The van der Waals surface area contributed by atoms with Gasteiger partial charge in [-0.15, -0.1) is 0 Å². The van der Waals surface area contributed by atoms with E-state index in [-0.39, 0.29) is 23.6 Å². The third-order valence-electron chi connectivity index (χ3n) is 8.96. The zero-order valence-corrected chi connectivity index (χ0v) is 28.3. The Hall–Kier alpha value is -5.39. The maximum absolute atomic E-state index is 13.6. The lowest BCUT2D eigenvalue weighted by molar-refractivity contribution is -0.139. The second-order valence-corrected chi connectivity index (χ2v) is 12.5. The second kappa shape index (κ2) is 14.8. The minimum absolute atomic E-state index is 0.0444. The summed E-state index contributed by atoms with van der Waals surface area (Å²) >= 11 is 0. The van der Waals surface area contributed by atoms with Crippen LogP contribution >= 0.6 is 0 Å². The summed E-state index contributed by atoms with van der Waals surface area (Å²) in [7, 11) is 3.09. The van der Waals surface area contributed by atoms with Crippen molar-refractivity contribution in [1.29, 1.82) is 0 Å². The molecule has 1 unspecified atom stereocenters. The highest BCUT2D eigenvalue weighted by Gasteiger charge is 2.35. The van der Waals surface area contributed by atoms with E-state index in [1.807, 2.05) is 66.1 Å². The van der Waals surface area contributed by atoms with Gasteiger partial charge in [-0.3, -0.25) is 14.4 Å². The predicted octanol–water partition coefficient (Wildman–Crippen LogP) is 4.77. The average molecular weight is 667 g/mol. The predicted molar refractivity (Wildman–Crippen MR) is 186 cm³/mol. The molecule has 0 radical (unpaired) electrons. The number of fused-ring (bicyclic) bond motifs is 1. The Morgan fingerprint density at radius 1 is 0.878 bits per heavy atom. The van der Waals surface area contributed by atoms with Crippen LogP contribution in [0.2, 0.25) is 0 Å². The number of amides is 3. The second-order valence-electron chi connectivity index (χ2n) is 12.5. The lowest BCUT2D eigenvalue weighted by Crippen LogP contribution is -2.49. The van der Waals surface area contributed by atoms with Crippen LogP contribution in [-0.2, 0) is 16.2 Å². The molecule has 1 aromatic heterocycles. The summed E-state index contributed by atoms with van der Waals surface area (Å²) in [5.74, 6) is 1.80. The van der Waals surface area contributed by atoms with E-state index in [4.69, 9.17) is 24.2 Å². The van der Waals surface area contributed by atoms with E-state index in [1.165, 1.54) is 0 Å². The Morgan fingerprint density at radius 2 is 1.57 bits per heavy atom.